The molecule has 0 fully saturated rings. The van der Waals surface area contributed by atoms with Crippen molar-refractivity contribution >= 4 is 16.9 Å². The van der Waals surface area contributed by atoms with Gasteiger partial charge in [0.2, 0.25) is 0 Å². The number of aliphatic hydroxyl groups excluding tert-OH is 1. The molecule has 0 aliphatic carbocycles. The lowest BCUT2D eigenvalue weighted by Crippen LogP contribution is -2.06. The Hall–Kier alpha value is -1.81. The van der Waals surface area contributed by atoms with Gasteiger partial charge in [-0.05, 0) is 48.9 Å². The number of aromatic nitrogens is 1. The Labute approximate surface area is 137 Å². The van der Waals surface area contributed by atoms with Gasteiger partial charge < -0.3 is 14.8 Å². The van der Waals surface area contributed by atoms with Gasteiger partial charge in [-0.15, -0.1) is 0 Å². The third-order valence-electron chi connectivity index (χ3n) is 4.48. The van der Waals surface area contributed by atoms with E-state index in [1.807, 2.05) is 6.07 Å². The van der Waals surface area contributed by atoms with Crippen LogP contribution in [0.5, 0.6) is 0 Å². The van der Waals surface area contributed by atoms with E-state index in [1.165, 1.54) is 11.3 Å². The average Bonchev–Trinajstić information content (AvgIpc) is 2.77. The highest BCUT2D eigenvalue weighted by molar-refractivity contribution is 5.97. The molecule has 0 saturated heterocycles. The minimum Gasteiger partial charge on any atom is -0.478 e. The number of benzene rings is 1. The molecule has 2 rings (SSSR count). The summed E-state index contributed by atoms with van der Waals surface area (Å²) < 4.78 is 2.26. The van der Waals surface area contributed by atoms with Crippen molar-refractivity contribution in [2.45, 2.75) is 59.4 Å². The van der Waals surface area contributed by atoms with Crippen molar-refractivity contribution in [2.24, 2.45) is 0 Å². The van der Waals surface area contributed by atoms with E-state index < -0.39 is 5.97 Å². The van der Waals surface area contributed by atoms with Crippen LogP contribution in [0.2, 0.25) is 0 Å². The number of aryl methyl sites for hydroxylation is 2. The maximum Gasteiger partial charge on any atom is 0.335 e. The second-order valence-corrected chi connectivity index (χ2v) is 6.46. The minimum absolute atomic E-state index is 0.159. The highest BCUT2D eigenvalue weighted by Gasteiger charge is 2.20. The lowest BCUT2D eigenvalue weighted by atomic mass is 9.95. The fourth-order valence-corrected chi connectivity index (χ4v) is 3.35. The van der Waals surface area contributed by atoms with Gasteiger partial charge in [-0.3, -0.25) is 0 Å². The molecule has 0 atom stereocenters. The maximum atomic E-state index is 11.5. The summed E-state index contributed by atoms with van der Waals surface area (Å²) in [6.07, 6.45) is 2.66. The fourth-order valence-electron chi connectivity index (χ4n) is 3.35. The molecule has 1 aromatic heterocycles. The van der Waals surface area contributed by atoms with Crippen LogP contribution in [0.3, 0.4) is 0 Å². The molecule has 2 aromatic rings. The molecule has 0 aliphatic heterocycles. The zero-order valence-corrected chi connectivity index (χ0v) is 14.5. The van der Waals surface area contributed by atoms with Crippen LogP contribution in [0.1, 0.15) is 66.7 Å². The Bertz CT molecular complexity index is 713. The topological polar surface area (TPSA) is 62.5 Å². The van der Waals surface area contributed by atoms with Gasteiger partial charge in [0.25, 0.3) is 0 Å². The molecule has 0 bridgehead atoms. The van der Waals surface area contributed by atoms with E-state index >= 15 is 0 Å². The quantitative estimate of drug-likeness (QED) is 0.808. The molecule has 0 unspecified atom stereocenters. The molecule has 23 heavy (non-hydrogen) atoms. The molecule has 0 saturated carbocycles. The molecule has 4 nitrogen and oxygen atoms in total. The van der Waals surface area contributed by atoms with Crippen molar-refractivity contribution in [3.8, 4) is 0 Å². The molecule has 126 valence electrons. The van der Waals surface area contributed by atoms with Gasteiger partial charge >= 0.3 is 5.97 Å². The molecule has 0 aliphatic rings. The van der Waals surface area contributed by atoms with Crippen molar-refractivity contribution in [2.75, 3.05) is 6.61 Å². The molecule has 0 radical (unpaired) electrons. The largest absolute Gasteiger partial charge is 0.478 e. The summed E-state index contributed by atoms with van der Waals surface area (Å²) in [7, 11) is 0. The number of aromatic carboxylic acids is 1. The Morgan fingerprint density at radius 1 is 1.30 bits per heavy atom. The Kier molecular flexibility index (Phi) is 5.47. The maximum absolute atomic E-state index is 11.5. The number of aliphatic hydroxyl groups is 1. The zero-order chi connectivity index (χ0) is 17.1. The molecule has 0 spiro atoms. The second kappa shape index (κ2) is 7.18. The van der Waals surface area contributed by atoms with E-state index in [4.69, 9.17) is 0 Å². The Morgan fingerprint density at radius 2 is 2.00 bits per heavy atom. The summed E-state index contributed by atoms with van der Waals surface area (Å²) in [5.74, 6) is -0.634. The lowest BCUT2D eigenvalue weighted by molar-refractivity contribution is 0.0697. The summed E-state index contributed by atoms with van der Waals surface area (Å²) in [4.78, 5) is 11.5. The molecule has 1 heterocycles. The monoisotopic (exact) mass is 317 g/mol. The minimum atomic E-state index is -0.878. The first-order chi connectivity index (χ1) is 10.9. The van der Waals surface area contributed by atoms with E-state index in [1.54, 1.807) is 6.07 Å². The third-order valence-corrected chi connectivity index (χ3v) is 4.48. The number of carbonyl (C=O) groups is 1. The van der Waals surface area contributed by atoms with E-state index in [0.29, 0.717) is 12.0 Å². The van der Waals surface area contributed by atoms with Gasteiger partial charge in [-0.25, -0.2) is 4.79 Å². The van der Waals surface area contributed by atoms with Crippen LogP contribution in [0, 0.1) is 6.92 Å². The SMILES string of the molecule is CCCc1c(C)n(CCCO)c2c(C(C)C)cc(C(=O)O)cc12. The van der Waals surface area contributed by atoms with Gasteiger partial charge in [-0.2, -0.15) is 0 Å². The lowest BCUT2D eigenvalue weighted by Gasteiger charge is -2.14. The normalized spacial score (nSPS) is 11.6. The summed E-state index contributed by atoms with van der Waals surface area (Å²) in [5, 5.41) is 19.7. The molecular formula is C19H27NO3. The van der Waals surface area contributed by atoms with Crippen molar-refractivity contribution in [1.29, 1.82) is 0 Å². The first-order valence-electron chi connectivity index (χ1n) is 8.42. The van der Waals surface area contributed by atoms with Crippen molar-refractivity contribution in [1.82, 2.24) is 4.57 Å². The number of hydrogen-bond acceptors (Lipinski definition) is 2. The molecular weight excluding hydrogens is 290 g/mol. The number of fused-ring (bicyclic) bond motifs is 1. The molecule has 0 amide bonds. The van der Waals surface area contributed by atoms with E-state index in [9.17, 15) is 15.0 Å². The number of carboxylic acids is 1. The standard InChI is InChI=1S/C19H27NO3/c1-5-7-15-13(4)20(8-6-9-21)18-16(12(2)3)10-14(19(22)23)11-17(15)18/h10-12,21H,5-9H2,1-4H3,(H,22,23). The highest BCUT2D eigenvalue weighted by atomic mass is 16.4. The van der Waals surface area contributed by atoms with Crippen molar-refractivity contribution in [3.05, 3.63) is 34.5 Å². The average molecular weight is 317 g/mol. The summed E-state index contributed by atoms with van der Waals surface area (Å²) in [6, 6.07) is 3.62. The number of hydrogen-bond donors (Lipinski definition) is 2. The molecule has 2 N–H and O–H groups in total. The summed E-state index contributed by atoms with van der Waals surface area (Å²) in [6.45, 7) is 9.35. The van der Waals surface area contributed by atoms with Crippen LogP contribution in [-0.2, 0) is 13.0 Å². The Balaban J connectivity index is 2.83. The molecule has 4 heteroatoms. The van der Waals surface area contributed by atoms with Gasteiger partial charge in [0, 0.05) is 24.2 Å². The number of nitrogens with zero attached hydrogens (tertiary/aromatic N) is 1. The van der Waals surface area contributed by atoms with E-state index in [-0.39, 0.29) is 12.5 Å². The van der Waals surface area contributed by atoms with Crippen molar-refractivity contribution < 1.29 is 15.0 Å². The van der Waals surface area contributed by atoms with Crippen molar-refractivity contribution in [3.63, 3.8) is 0 Å². The van der Waals surface area contributed by atoms with E-state index in [2.05, 4.69) is 32.3 Å². The van der Waals surface area contributed by atoms with Gasteiger partial charge in [-0.1, -0.05) is 27.2 Å². The van der Waals surface area contributed by atoms with Crippen LogP contribution in [0.25, 0.3) is 10.9 Å². The van der Waals surface area contributed by atoms with Crippen LogP contribution >= 0.6 is 0 Å². The summed E-state index contributed by atoms with van der Waals surface area (Å²) >= 11 is 0. The number of carboxylic acid groups (broad SMARTS) is 1. The van der Waals surface area contributed by atoms with Gasteiger partial charge in [0.05, 0.1) is 11.1 Å². The smallest absolute Gasteiger partial charge is 0.335 e. The summed E-state index contributed by atoms with van der Waals surface area (Å²) in [5.41, 5.74) is 5.01. The predicted octanol–water partition coefficient (Wildman–Crippen LogP) is 4.11. The fraction of sp³-hybridized carbons (Fsp3) is 0.526. The van der Waals surface area contributed by atoms with Crippen LogP contribution < -0.4 is 0 Å². The second-order valence-electron chi connectivity index (χ2n) is 6.46. The number of rotatable bonds is 7. The first-order valence-corrected chi connectivity index (χ1v) is 8.42. The van der Waals surface area contributed by atoms with Gasteiger partial charge in [0.15, 0.2) is 0 Å². The van der Waals surface area contributed by atoms with Crippen LogP contribution in [0.15, 0.2) is 12.1 Å². The molecule has 1 aromatic carbocycles. The first kappa shape index (κ1) is 17.5. The van der Waals surface area contributed by atoms with Crippen LogP contribution in [0.4, 0.5) is 0 Å². The Morgan fingerprint density at radius 3 is 2.52 bits per heavy atom. The highest BCUT2D eigenvalue weighted by Crippen LogP contribution is 2.34. The third kappa shape index (κ3) is 3.27. The van der Waals surface area contributed by atoms with Crippen LogP contribution in [-0.4, -0.2) is 27.4 Å². The van der Waals surface area contributed by atoms with Gasteiger partial charge in [0.1, 0.15) is 0 Å². The zero-order valence-electron chi connectivity index (χ0n) is 14.5. The predicted molar refractivity (Wildman–Crippen MR) is 93.4 cm³/mol. The van der Waals surface area contributed by atoms with E-state index in [0.717, 1.165) is 35.9 Å².